The molecule has 1 atom stereocenters. The molecule has 45 heavy (non-hydrogen) atoms. The van der Waals surface area contributed by atoms with Crippen molar-refractivity contribution in [1.82, 2.24) is 4.57 Å². The molecule has 3 heterocycles. The van der Waals surface area contributed by atoms with Gasteiger partial charge in [-0.1, -0.05) is 65.4 Å². The van der Waals surface area contributed by atoms with Crippen LogP contribution in [0.1, 0.15) is 40.2 Å². The molecule has 11 heteroatoms. The van der Waals surface area contributed by atoms with Gasteiger partial charge >= 0.3 is 11.9 Å². The van der Waals surface area contributed by atoms with Gasteiger partial charge in [-0.2, -0.15) is 0 Å². The van der Waals surface area contributed by atoms with E-state index in [1.54, 1.807) is 43.0 Å². The fraction of sp³-hybridized carbons (Fsp3) is 0.118. The quantitative estimate of drug-likeness (QED) is 0.155. The minimum atomic E-state index is -1.15. The molecule has 0 saturated heterocycles. The number of furan rings is 1. The smallest absolute Gasteiger partial charge is 0.338 e. The van der Waals surface area contributed by atoms with Gasteiger partial charge in [-0.15, -0.1) is 11.8 Å². The number of aromatic nitrogens is 1. The molecule has 0 radical (unpaired) electrons. The van der Waals surface area contributed by atoms with Crippen molar-refractivity contribution in [2.24, 2.45) is 4.99 Å². The molecule has 6 rings (SSSR count). The monoisotopic (exact) mass is 656 g/mol. The number of ether oxygens (including phenoxy) is 1. The van der Waals surface area contributed by atoms with Gasteiger partial charge in [-0.25, -0.2) is 14.6 Å². The lowest BCUT2D eigenvalue weighted by Gasteiger charge is -2.26. The van der Waals surface area contributed by atoms with Gasteiger partial charge in [-0.3, -0.25) is 9.36 Å². The number of nitrogens with zero attached hydrogens (tertiary/aromatic N) is 2. The molecule has 1 aliphatic rings. The molecular weight excluding hydrogens is 632 g/mol. The Morgan fingerprint density at radius 1 is 1.07 bits per heavy atom. The van der Waals surface area contributed by atoms with Crippen LogP contribution in [0.4, 0.5) is 0 Å². The second-order valence-corrected chi connectivity index (χ2v) is 12.2. The summed E-state index contributed by atoms with van der Waals surface area (Å²) >= 11 is 8.81. The summed E-state index contributed by atoms with van der Waals surface area (Å²) in [7, 11) is 0. The highest BCUT2D eigenvalue weighted by atomic mass is 35.5. The number of rotatable bonds is 8. The van der Waals surface area contributed by atoms with Crippen LogP contribution in [0.15, 0.2) is 110 Å². The van der Waals surface area contributed by atoms with E-state index >= 15 is 0 Å². The Hall–Kier alpha value is -4.64. The first-order valence-corrected chi connectivity index (χ1v) is 16.3. The van der Waals surface area contributed by atoms with Crippen LogP contribution in [0.3, 0.4) is 0 Å². The standard InChI is InChI=1S/C34H25ClN2O6S2/c1-3-42-33(41)28-29(19-7-5-4-6-8-19)36-34-37(30(28)20-9-13-23(44-2)14-10-20)31(38)27(45-34)18-22-12-16-26(43-22)21-11-15-25(35)24(17-21)32(39)40/h4-18,30H,3H2,1-2H3,(H,39,40)/b27-18+. The number of aromatic carboxylic acids is 1. The molecule has 1 aliphatic heterocycles. The van der Waals surface area contributed by atoms with E-state index in [0.717, 1.165) is 16.0 Å². The van der Waals surface area contributed by atoms with E-state index in [2.05, 4.69) is 0 Å². The molecule has 0 saturated carbocycles. The summed E-state index contributed by atoms with van der Waals surface area (Å²) in [6, 6.07) is 24.3. The predicted octanol–water partition coefficient (Wildman–Crippen LogP) is 6.27. The number of carbonyl (C=O) groups is 2. The lowest BCUT2D eigenvalue weighted by molar-refractivity contribution is -0.138. The van der Waals surface area contributed by atoms with E-state index in [-0.39, 0.29) is 28.3 Å². The Labute approximate surface area is 270 Å². The normalized spacial score (nSPS) is 14.6. The zero-order valence-electron chi connectivity index (χ0n) is 24.0. The van der Waals surface area contributed by atoms with Crippen LogP contribution in [-0.4, -0.2) is 34.5 Å². The summed E-state index contributed by atoms with van der Waals surface area (Å²) in [5.74, 6) is -0.899. The fourth-order valence-corrected chi connectivity index (χ4v) is 6.69. The number of fused-ring (bicyclic) bond motifs is 1. The first-order valence-electron chi connectivity index (χ1n) is 13.8. The Morgan fingerprint density at radius 3 is 2.51 bits per heavy atom. The zero-order chi connectivity index (χ0) is 31.7. The number of thioether (sulfide) groups is 1. The van der Waals surface area contributed by atoms with Crippen molar-refractivity contribution in [3.05, 3.63) is 138 Å². The van der Waals surface area contributed by atoms with Crippen LogP contribution in [0.2, 0.25) is 5.02 Å². The maximum absolute atomic E-state index is 14.1. The van der Waals surface area contributed by atoms with Crippen LogP contribution in [-0.2, 0) is 9.53 Å². The van der Waals surface area contributed by atoms with Crippen LogP contribution in [0.5, 0.6) is 0 Å². The summed E-state index contributed by atoms with van der Waals surface area (Å²) in [6.07, 6.45) is 3.60. The SMILES string of the molecule is CCOC(=O)C1=C(c2ccccc2)N=c2s/c(=C/c3ccc(-c4ccc(Cl)c(C(=O)O)c4)o3)c(=O)n2C1c1ccc(SC)cc1. The predicted molar refractivity (Wildman–Crippen MR) is 175 cm³/mol. The zero-order valence-corrected chi connectivity index (χ0v) is 26.4. The molecule has 1 N–H and O–H groups in total. The van der Waals surface area contributed by atoms with Gasteiger partial charge in [0.25, 0.3) is 5.56 Å². The van der Waals surface area contributed by atoms with Gasteiger partial charge in [0.2, 0.25) is 0 Å². The molecule has 0 bridgehead atoms. The number of carbonyl (C=O) groups excluding carboxylic acids is 1. The van der Waals surface area contributed by atoms with E-state index in [9.17, 15) is 19.5 Å². The number of carboxylic acid groups (broad SMARTS) is 1. The maximum Gasteiger partial charge on any atom is 0.338 e. The number of hydrogen-bond acceptors (Lipinski definition) is 8. The highest BCUT2D eigenvalue weighted by Gasteiger charge is 2.35. The molecule has 0 amide bonds. The largest absolute Gasteiger partial charge is 0.478 e. The van der Waals surface area contributed by atoms with Crippen LogP contribution < -0.4 is 14.9 Å². The molecule has 226 valence electrons. The third kappa shape index (κ3) is 5.92. The van der Waals surface area contributed by atoms with Crippen molar-refractivity contribution in [2.45, 2.75) is 17.9 Å². The topological polar surface area (TPSA) is 111 Å². The third-order valence-electron chi connectivity index (χ3n) is 7.19. The lowest BCUT2D eigenvalue weighted by atomic mass is 9.93. The number of thiazole rings is 1. The number of halogens is 1. The number of esters is 1. The van der Waals surface area contributed by atoms with Crippen LogP contribution >= 0.6 is 34.7 Å². The molecule has 3 aromatic carbocycles. The van der Waals surface area contributed by atoms with Gasteiger partial charge in [0.15, 0.2) is 4.80 Å². The van der Waals surface area contributed by atoms with Crippen LogP contribution in [0, 0.1) is 0 Å². The molecule has 8 nitrogen and oxygen atoms in total. The minimum absolute atomic E-state index is 0.0439. The second-order valence-electron chi connectivity index (χ2n) is 9.91. The first-order chi connectivity index (χ1) is 21.8. The van der Waals surface area contributed by atoms with Crippen molar-refractivity contribution in [3.63, 3.8) is 0 Å². The van der Waals surface area contributed by atoms with Crippen molar-refractivity contribution in [3.8, 4) is 11.3 Å². The molecular formula is C34H25ClN2O6S2. The van der Waals surface area contributed by atoms with Gasteiger partial charge in [-0.05, 0) is 61.2 Å². The minimum Gasteiger partial charge on any atom is -0.478 e. The van der Waals surface area contributed by atoms with Crippen molar-refractivity contribution < 1.29 is 23.8 Å². The summed E-state index contributed by atoms with van der Waals surface area (Å²) < 4.78 is 13.4. The second kappa shape index (κ2) is 12.8. The van der Waals surface area contributed by atoms with Crippen molar-refractivity contribution >= 4 is 58.4 Å². The highest BCUT2D eigenvalue weighted by molar-refractivity contribution is 7.98. The molecule has 0 fully saturated rings. The number of hydrogen-bond donors (Lipinski definition) is 1. The molecule has 0 spiro atoms. The average molecular weight is 657 g/mol. The van der Waals surface area contributed by atoms with Crippen molar-refractivity contribution in [1.29, 1.82) is 0 Å². The van der Waals surface area contributed by atoms with E-state index < -0.39 is 18.0 Å². The van der Waals surface area contributed by atoms with E-state index in [1.807, 2.05) is 60.9 Å². The molecule has 2 aromatic heterocycles. The van der Waals surface area contributed by atoms with Crippen LogP contribution in [0.25, 0.3) is 23.1 Å². The third-order valence-corrected chi connectivity index (χ3v) is 9.24. The van der Waals surface area contributed by atoms with Gasteiger partial charge in [0.1, 0.15) is 11.5 Å². The highest BCUT2D eigenvalue weighted by Crippen LogP contribution is 2.36. The summed E-state index contributed by atoms with van der Waals surface area (Å²) in [5, 5.41) is 9.57. The Morgan fingerprint density at radius 2 is 1.82 bits per heavy atom. The summed E-state index contributed by atoms with van der Waals surface area (Å²) in [6.45, 7) is 1.90. The van der Waals surface area contributed by atoms with E-state index in [0.29, 0.717) is 32.1 Å². The number of benzene rings is 3. The molecule has 1 unspecified atom stereocenters. The Kier molecular flexibility index (Phi) is 8.62. The van der Waals surface area contributed by atoms with Gasteiger partial charge in [0, 0.05) is 22.1 Å². The molecule has 5 aromatic rings. The fourth-order valence-electron chi connectivity index (χ4n) is 5.10. The Bertz CT molecular complexity index is 2150. The first kappa shape index (κ1) is 30.4. The van der Waals surface area contributed by atoms with Gasteiger partial charge < -0.3 is 14.3 Å². The summed E-state index contributed by atoms with van der Waals surface area (Å²) in [4.78, 5) is 45.6. The van der Waals surface area contributed by atoms with Crippen molar-refractivity contribution in [2.75, 3.05) is 12.9 Å². The number of carboxylic acids is 1. The average Bonchev–Trinajstić information content (AvgIpc) is 3.65. The van der Waals surface area contributed by atoms with E-state index in [1.165, 1.54) is 28.0 Å². The Balaban J connectivity index is 1.53. The van der Waals surface area contributed by atoms with E-state index in [4.69, 9.17) is 25.7 Å². The summed E-state index contributed by atoms with van der Waals surface area (Å²) in [5.41, 5.74) is 2.32. The molecule has 0 aliphatic carbocycles. The van der Waals surface area contributed by atoms with Gasteiger partial charge in [0.05, 0.1) is 39.0 Å². The lowest BCUT2D eigenvalue weighted by Crippen LogP contribution is -2.40. The maximum atomic E-state index is 14.1.